The van der Waals surface area contributed by atoms with Crippen molar-refractivity contribution in [3.8, 4) is 0 Å². The predicted octanol–water partition coefficient (Wildman–Crippen LogP) is 9.66. The molecule has 1 saturated carbocycles. The number of hydrogen-bond acceptors (Lipinski definition) is 8. The number of Topliss-reactive ketones (excluding diaryl/α,β-unsaturated/α-hetero) is 1. The second-order valence-electron chi connectivity index (χ2n) is 14.9. The zero-order valence-electron chi connectivity index (χ0n) is 32.6. The molecular weight excluding hydrogens is 644 g/mol. The lowest BCUT2D eigenvalue weighted by Crippen LogP contribution is -2.25. The summed E-state index contributed by atoms with van der Waals surface area (Å²) in [5.41, 5.74) is 0. The molecule has 8 nitrogen and oxygen atoms in total. The summed E-state index contributed by atoms with van der Waals surface area (Å²) < 4.78 is 10.3. The SMILES string of the molecule is CCCCCCCCCCCCCCCCCCCC(=O)OC[C@@H](O)COC(=O)CCC/C=C\C[C@H]1C(=O)C[C@@H](O)[C@@H]1/C=C/[C@@H](O)CCCCC. The Hall–Kier alpha value is -2.03. The van der Waals surface area contributed by atoms with E-state index in [4.69, 9.17) is 9.47 Å². The average Bonchev–Trinajstić information content (AvgIpc) is 3.39. The van der Waals surface area contributed by atoms with Crippen molar-refractivity contribution in [3.05, 3.63) is 24.3 Å². The topological polar surface area (TPSA) is 130 Å². The van der Waals surface area contributed by atoms with Crippen molar-refractivity contribution < 1.29 is 39.2 Å². The molecule has 0 aromatic carbocycles. The van der Waals surface area contributed by atoms with Gasteiger partial charge in [-0.15, -0.1) is 0 Å². The number of rotatable bonds is 34. The molecule has 0 radical (unpaired) electrons. The summed E-state index contributed by atoms with van der Waals surface area (Å²) in [6.45, 7) is 3.98. The number of unbranched alkanes of at least 4 members (excludes halogenated alkanes) is 19. The lowest BCUT2D eigenvalue weighted by molar-refractivity contribution is -0.152. The summed E-state index contributed by atoms with van der Waals surface area (Å²) in [7, 11) is 0. The second kappa shape index (κ2) is 32.6. The Bertz CT molecular complexity index is 931. The Kier molecular flexibility index (Phi) is 30.0. The maximum absolute atomic E-state index is 12.4. The van der Waals surface area contributed by atoms with Crippen LogP contribution in [0.2, 0.25) is 0 Å². The fourth-order valence-electron chi connectivity index (χ4n) is 6.77. The van der Waals surface area contributed by atoms with Gasteiger partial charge < -0.3 is 24.8 Å². The van der Waals surface area contributed by atoms with Gasteiger partial charge in [-0.25, -0.2) is 0 Å². The van der Waals surface area contributed by atoms with Crippen molar-refractivity contribution in [2.24, 2.45) is 11.8 Å². The van der Waals surface area contributed by atoms with Crippen molar-refractivity contribution in [2.75, 3.05) is 13.2 Å². The van der Waals surface area contributed by atoms with E-state index in [9.17, 15) is 29.7 Å². The van der Waals surface area contributed by atoms with E-state index in [1.54, 1.807) is 12.2 Å². The van der Waals surface area contributed by atoms with E-state index in [0.717, 1.165) is 38.5 Å². The number of ketones is 1. The van der Waals surface area contributed by atoms with Crippen LogP contribution in [0.25, 0.3) is 0 Å². The van der Waals surface area contributed by atoms with E-state index in [2.05, 4.69) is 13.8 Å². The molecule has 0 aromatic rings. The number of aliphatic hydroxyl groups is 3. The normalized spacial score (nSPS) is 18.9. The molecule has 0 saturated heterocycles. The summed E-state index contributed by atoms with van der Waals surface area (Å²) >= 11 is 0. The highest BCUT2D eigenvalue weighted by atomic mass is 16.6. The Labute approximate surface area is 311 Å². The zero-order valence-corrected chi connectivity index (χ0v) is 32.6. The van der Waals surface area contributed by atoms with E-state index >= 15 is 0 Å². The van der Waals surface area contributed by atoms with Crippen LogP contribution in [0.1, 0.15) is 187 Å². The van der Waals surface area contributed by atoms with Crippen LogP contribution >= 0.6 is 0 Å². The third-order valence-electron chi connectivity index (χ3n) is 10.1. The molecule has 1 rings (SSSR count). The first-order chi connectivity index (χ1) is 24.8. The van der Waals surface area contributed by atoms with Gasteiger partial charge in [0.2, 0.25) is 0 Å². The Morgan fingerprint density at radius 2 is 1.16 bits per heavy atom. The van der Waals surface area contributed by atoms with E-state index < -0.39 is 24.3 Å². The maximum atomic E-state index is 12.4. The van der Waals surface area contributed by atoms with Crippen LogP contribution in [0.5, 0.6) is 0 Å². The van der Waals surface area contributed by atoms with Crippen molar-refractivity contribution in [1.29, 1.82) is 0 Å². The van der Waals surface area contributed by atoms with Gasteiger partial charge in [-0.2, -0.15) is 0 Å². The number of carbonyl (C=O) groups excluding carboxylic acids is 3. The summed E-state index contributed by atoms with van der Waals surface area (Å²) in [4.78, 5) is 36.5. The second-order valence-corrected chi connectivity index (χ2v) is 14.9. The Balaban J connectivity index is 2.01. The van der Waals surface area contributed by atoms with Gasteiger partial charge in [0.15, 0.2) is 0 Å². The van der Waals surface area contributed by atoms with Crippen LogP contribution in [-0.4, -0.2) is 64.6 Å². The minimum Gasteiger partial charge on any atom is -0.463 e. The van der Waals surface area contributed by atoms with Crippen molar-refractivity contribution in [1.82, 2.24) is 0 Å². The lowest BCUT2D eigenvalue weighted by atomic mass is 9.90. The molecule has 5 atom stereocenters. The largest absolute Gasteiger partial charge is 0.463 e. The first-order valence-electron chi connectivity index (χ1n) is 21.0. The number of hydrogen-bond donors (Lipinski definition) is 3. The lowest BCUT2D eigenvalue weighted by Gasteiger charge is -2.16. The number of ether oxygens (including phenoxy) is 2. The van der Waals surface area contributed by atoms with Crippen LogP contribution in [0.4, 0.5) is 0 Å². The standard InChI is InChI=1S/C43H76O8/c1-3-5-7-8-9-10-11-12-13-14-15-16-17-18-19-20-25-29-42(48)50-34-37(45)35-51-43(49)30-26-22-21-24-28-38-39(41(47)33-40(38)46)32-31-36(44)27-23-6-4-2/h21,24,31-32,36-39,41,44-45,47H,3-20,22-23,25-30,33-35H2,1-2H3/b24-21-,32-31+/t36-,37+,38+,39+,41+/m0/s1. The summed E-state index contributed by atoms with van der Waals surface area (Å²) in [5, 5.41) is 30.6. The van der Waals surface area contributed by atoms with Crippen molar-refractivity contribution in [2.45, 2.75) is 206 Å². The molecule has 296 valence electrons. The molecule has 1 aliphatic carbocycles. The molecule has 0 aromatic heterocycles. The van der Waals surface area contributed by atoms with E-state index in [-0.39, 0.29) is 49.6 Å². The number of carbonyl (C=O) groups is 3. The molecule has 0 heterocycles. The predicted molar refractivity (Wildman–Crippen MR) is 206 cm³/mol. The number of allylic oxidation sites excluding steroid dienone is 2. The molecule has 51 heavy (non-hydrogen) atoms. The molecule has 1 aliphatic rings. The fourth-order valence-corrected chi connectivity index (χ4v) is 6.77. The molecule has 3 N–H and O–H groups in total. The van der Waals surface area contributed by atoms with E-state index in [1.807, 2.05) is 12.2 Å². The van der Waals surface area contributed by atoms with Gasteiger partial charge in [-0.1, -0.05) is 160 Å². The Morgan fingerprint density at radius 3 is 1.69 bits per heavy atom. The fraction of sp³-hybridized carbons (Fsp3) is 0.837. The third kappa shape index (κ3) is 26.4. The van der Waals surface area contributed by atoms with Gasteiger partial charge in [0.25, 0.3) is 0 Å². The molecule has 0 spiro atoms. The molecule has 0 aliphatic heterocycles. The minimum atomic E-state index is -1.05. The number of aliphatic hydroxyl groups excluding tert-OH is 3. The molecular formula is C43H76O8. The summed E-state index contributed by atoms with van der Waals surface area (Å²) in [6, 6.07) is 0. The molecule has 0 unspecified atom stereocenters. The highest BCUT2D eigenvalue weighted by molar-refractivity contribution is 5.84. The van der Waals surface area contributed by atoms with Gasteiger partial charge in [-0.05, 0) is 32.1 Å². The quantitative estimate of drug-likeness (QED) is 0.0340. The molecule has 1 fully saturated rings. The van der Waals surface area contributed by atoms with E-state index in [1.165, 1.54) is 89.9 Å². The van der Waals surface area contributed by atoms with Crippen LogP contribution in [0.3, 0.4) is 0 Å². The third-order valence-corrected chi connectivity index (χ3v) is 10.1. The van der Waals surface area contributed by atoms with Crippen LogP contribution in [0.15, 0.2) is 24.3 Å². The minimum absolute atomic E-state index is 0.0329. The maximum Gasteiger partial charge on any atom is 0.305 e. The van der Waals surface area contributed by atoms with E-state index in [0.29, 0.717) is 32.1 Å². The van der Waals surface area contributed by atoms with Crippen LogP contribution < -0.4 is 0 Å². The summed E-state index contributed by atoms with van der Waals surface area (Å²) in [6.07, 6.45) is 33.1. The van der Waals surface area contributed by atoms with Gasteiger partial charge in [-0.3, -0.25) is 14.4 Å². The highest BCUT2D eigenvalue weighted by Gasteiger charge is 2.39. The number of esters is 2. The van der Waals surface area contributed by atoms with Crippen LogP contribution in [-0.2, 0) is 23.9 Å². The van der Waals surface area contributed by atoms with Crippen LogP contribution in [0, 0.1) is 11.8 Å². The first-order valence-corrected chi connectivity index (χ1v) is 21.0. The molecule has 0 bridgehead atoms. The van der Waals surface area contributed by atoms with Gasteiger partial charge in [0, 0.05) is 31.1 Å². The Morgan fingerprint density at radius 1 is 0.686 bits per heavy atom. The monoisotopic (exact) mass is 721 g/mol. The van der Waals surface area contributed by atoms with Gasteiger partial charge in [0.05, 0.1) is 12.2 Å². The molecule has 8 heteroatoms. The smallest absolute Gasteiger partial charge is 0.305 e. The average molecular weight is 721 g/mol. The zero-order chi connectivity index (χ0) is 37.4. The summed E-state index contributed by atoms with van der Waals surface area (Å²) in [5.74, 6) is -1.33. The first kappa shape index (κ1) is 47.0. The highest BCUT2D eigenvalue weighted by Crippen LogP contribution is 2.33. The van der Waals surface area contributed by atoms with Gasteiger partial charge in [0.1, 0.15) is 25.1 Å². The van der Waals surface area contributed by atoms with Gasteiger partial charge >= 0.3 is 11.9 Å². The van der Waals surface area contributed by atoms with Crippen molar-refractivity contribution >= 4 is 17.7 Å². The van der Waals surface area contributed by atoms with Crippen molar-refractivity contribution in [3.63, 3.8) is 0 Å². The molecule has 0 amide bonds.